The van der Waals surface area contributed by atoms with Crippen molar-refractivity contribution < 1.29 is 0 Å². The molecule has 0 aliphatic carbocycles. The van der Waals surface area contributed by atoms with Gasteiger partial charge in [0.2, 0.25) is 0 Å². The standard InChI is InChI=1S/C33H39ClN6/c34-28-11-15-31(16-12-28)39-23-21-37(22-24-39)20-17-35-26-29-25-33(40(36-29)32-7-3-1-4-8-32)27-9-13-30(14-10-27)38-18-5-2-6-19-38/h1,3-4,7-16,25,35H,2,5-6,17-24,26H2. The van der Waals surface area contributed by atoms with Crippen molar-refractivity contribution in [3.63, 3.8) is 0 Å². The molecule has 3 heterocycles. The molecule has 40 heavy (non-hydrogen) atoms. The van der Waals surface area contributed by atoms with Crippen molar-refractivity contribution in [2.24, 2.45) is 0 Å². The first kappa shape index (κ1) is 26.9. The van der Waals surface area contributed by atoms with Crippen molar-refractivity contribution >= 4 is 23.0 Å². The second-order valence-electron chi connectivity index (χ2n) is 10.8. The monoisotopic (exact) mass is 554 g/mol. The van der Waals surface area contributed by atoms with Gasteiger partial charge in [0.05, 0.1) is 17.1 Å². The van der Waals surface area contributed by atoms with Crippen molar-refractivity contribution in [2.45, 2.75) is 25.8 Å². The number of halogens is 1. The van der Waals surface area contributed by atoms with Crippen molar-refractivity contribution in [1.29, 1.82) is 0 Å². The number of hydrogen-bond acceptors (Lipinski definition) is 5. The summed E-state index contributed by atoms with van der Waals surface area (Å²) < 4.78 is 2.09. The van der Waals surface area contributed by atoms with Crippen LogP contribution < -0.4 is 15.1 Å². The Bertz CT molecular complexity index is 1340. The minimum Gasteiger partial charge on any atom is -0.372 e. The summed E-state index contributed by atoms with van der Waals surface area (Å²) in [7, 11) is 0. The minimum absolute atomic E-state index is 0.753. The predicted molar refractivity (Wildman–Crippen MR) is 167 cm³/mol. The van der Waals surface area contributed by atoms with Crippen LogP contribution in [0.1, 0.15) is 25.0 Å². The normalized spacial score (nSPS) is 16.4. The second-order valence-corrected chi connectivity index (χ2v) is 11.3. The van der Waals surface area contributed by atoms with Crippen molar-refractivity contribution in [1.82, 2.24) is 20.0 Å². The predicted octanol–water partition coefficient (Wildman–Crippen LogP) is 6.09. The van der Waals surface area contributed by atoms with Crippen LogP contribution in [0.3, 0.4) is 0 Å². The lowest BCUT2D eigenvalue weighted by molar-refractivity contribution is 0.257. The Morgan fingerprint density at radius 2 is 1.32 bits per heavy atom. The minimum atomic E-state index is 0.753. The SMILES string of the molecule is Clc1ccc(N2CCN(CCNCc3cc(-c4ccc(N5CCCCC5)cc4)n(-c4ccccc4)n3)CC2)cc1. The van der Waals surface area contributed by atoms with Crippen LogP contribution in [-0.2, 0) is 6.54 Å². The van der Waals surface area contributed by atoms with Crippen LogP contribution in [0.2, 0.25) is 5.02 Å². The molecule has 0 saturated carbocycles. The Labute approximate surface area is 243 Å². The summed E-state index contributed by atoms with van der Waals surface area (Å²) >= 11 is 6.05. The van der Waals surface area contributed by atoms with E-state index in [9.17, 15) is 0 Å². The number of nitrogens with one attached hydrogen (secondary N) is 1. The molecule has 3 aromatic carbocycles. The quantitative estimate of drug-likeness (QED) is 0.253. The van der Waals surface area contributed by atoms with Gasteiger partial charge in [-0.25, -0.2) is 4.68 Å². The fourth-order valence-corrected chi connectivity index (χ4v) is 5.94. The third kappa shape index (κ3) is 6.52. The molecule has 4 aromatic rings. The summed E-state index contributed by atoms with van der Waals surface area (Å²) in [6, 6.07) is 29.9. The van der Waals surface area contributed by atoms with Crippen molar-refractivity contribution in [3.8, 4) is 16.9 Å². The number of rotatable bonds is 9. The molecule has 7 heteroatoms. The van der Waals surface area contributed by atoms with E-state index in [1.165, 1.54) is 36.2 Å². The van der Waals surface area contributed by atoms with Gasteiger partial charge < -0.3 is 15.1 Å². The molecule has 0 amide bonds. The highest BCUT2D eigenvalue weighted by Gasteiger charge is 2.17. The highest BCUT2D eigenvalue weighted by Crippen LogP contribution is 2.28. The number of para-hydroxylation sites is 1. The topological polar surface area (TPSA) is 39.6 Å². The highest BCUT2D eigenvalue weighted by molar-refractivity contribution is 6.30. The van der Waals surface area contributed by atoms with E-state index in [0.717, 1.165) is 81.0 Å². The summed E-state index contributed by atoms with van der Waals surface area (Å²) in [6.07, 6.45) is 3.93. The molecule has 2 saturated heterocycles. The van der Waals surface area contributed by atoms with E-state index in [-0.39, 0.29) is 0 Å². The molecule has 2 aliphatic rings. The number of piperazine rings is 1. The molecule has 6 rings (SSSR count). The number of aromatic nitrogens is 2. The second kappa shape index (κ2) is 12.9. The van der Waals surface area contributed by atoms with E-state index in [0.29, 0.717) is 0 Å². The van der Waals surface area contributed by atoms with Gasteiger partial charge in [0, 0.05) is 80.9 Å². The maximum absolute atomic E-state index is 6.05. The molecule has 0 unspecified atom stereocenters. The van der Waals surface area contributed by atoms with E-state index in [4.69, 9.17) is 16.7 Å². The lowest BCUT2D eigenvalue weighted by Gasteiger charge is -2.36. The van der Waals surface area contributed by atoms with Gasteiger partial charge in [-0.1, -0.05) is 41.9 Å². The summed E-state index contributed by atoms with van der Waals surface area (Å²) in [5.41, 5.74) is 7.06. The van der Waals surface area contributed by atoms with Crippen LogP contribution >= 0.6 is 11.6 Å². The van der Waals surface area contributed by atoms with Crippen LogP contribution in [0.5, 0.6) is 0 Å². The molecule has 2 fully saturated rings. The summed E-state index contributed by atoms with van der Waals surface area (Å²) in [4.78, 5) is 7.49. The Kier molecular flexibility index (Phi) is 8.67. The van der Waals surface area contributed by atoms with Gasteiger partial charge in [-0.3, -0.25) is 4.90 Å². The van der Waals surface area contributed by atoms with Crippen LogP contribution in [0.25, 0.3) is 16.9 Å². The van der Waals surface area contributed by atoms with E-state index in [1.807, 2.05) is 12.1 Å². The fraction of sp³-hybridized carbons (Fsp3) is 0.364. The number of anilines is 2. The van der Waals surface area contributed by atoms with Crippen LogP contribution in [0, 0.1) is 0 Å². The number of hydrogen-bond donors (Lipinski definition) is 1. The number of benzene rings is 3. The van der Waals surface area contributed by atoms with Gasteiger partial charge in [-0.15, -0.1) is 0 Å². The van der Waals surface area contributed by atoms with Crippen molar-refractivity contribution in [3.05, 3.63) is 95.6 Å². The third-order valence-corrected chi connectivity index (χ3v) is 8.37. The van der Waals surface area contributed by atoms with Gasteiger partial charge in [0.1, 0.15) is 0 Å². The molecule has 0 spiro atoms. The molecule has 2 aliphatic heterocycles. The van der Waals surface area contributed by atoms with Crippen LogP contribution in [0.15, 0.2) is 84.9 Å². The summed E-state index contributed by atoms with van der Waals surface area (Å²) in [5, 5.41) is 9.45. The number of nitrogens with zero attached hydrogens (tertiary/aromatic N) is 5. The zero-order valence-corrected chi connectivity index (χ0v) is 23.9. The molecular weight excluding hydrogens is 516 g/mol. The van der Waals surface area contributed by atoms with E-state index < -0.39 is 0 Å². The largest absolute Gasteiger partial charge is 0.372 e. The van der Waals surface area contributed by atoms with E-state index in [2.05, 4.69) is 97.5 Å². The first-order valence-corrected chi connectivity index (χ1v) is 15.0. The Hall–Kier alpha value is -3.32. The molecule has 0 atom stereocenters. The first-order valence-electron chi connectivity index (χ1n) is 14.7. The maximum Gasteiger partial charge on any atom is 0.0773 e. The van der Waals surface area contributed by atoms with Gasteiger partial charge >= 0.3 is 0 Å². The van der Waals surface area contributed by atoms with Gasteiger partial charge in [0.15, 0.2) is 0 Å². The van der Waals surface area contributed by atoms with E-state index in [1.54, 1.807) is 0 Å². The molecule has 0 radical (unpaired) electrons. The molecule has 1 aromatic heterocycles. The van der Waals surface area contributed by atoms with Gasteiger partial charge in [-0.2, -0.15) is 5.10 Å². The molecule has 0 bridgehead atoms. The third-order valence-electron chi connectivity index (χ3n) is 8.12. The highest BCUT2D eigenvalue weighted by atomic mass is 35.5. The van der Waals surface area contributed by atoms with Gasteiger partial charge in [-0.05, 0) is 73.9 Å². The van der Waals surface area contributed by atoms with Crippen LogP contribution in [-0.4, -0.2) is 67.0 Å². The molecule has 6 nitrogen and oxygen atoms in total. The fourth-order valence-electron chi connectivity index (χ4n) is 5.82. The zero-order valence-electron chi connectivity index (χ0n) is 23.2. The Balaban J connectivity index is 1.06. The molecule has 1 N–H and O–H groups in total. The lowest BCUT2D eigenvalue weighted by Crippen LogP contribution is -2.48. The summed E-state index contributed by atoms with van der Waals surface area (Å²) in [5.74, 6) is 0. The van der Waals surface area contributed by atoms with Gasteiger partial charge in [0.25, 0.3) is 0 Å². The average molecular weight is 555 g/mol. The Morgan fingerprint density at radius 1 is 0.675 bits per heavy atom. The smallest absolute Gasteiger partial charge is 0.0773 e. The Morgan fingerprint density at radius 3 is 2.02 bits per heavy atom. The lowest BCUT2D eigenvalue weighted by atomic mass is 10.1. The number of piperidine rings is 1. The molecular formula is C33H39ClN6. The first-order chi connectivity index (χ1) is 19.7. The summed E-state index contributed by atoms with van der Waals surface area (Å²) in [6.45, 7) is 9.30. The van der Waals surface area contributed by atoms with Crippen LogP contribution in [0.4, 0.5) is 11.4 Å². The maximum atomic E-state index is 6.05. The van der Waals surface area contributed by atoms with E-state index >= 15 is 0 Å². The average Bonchev–Trinajstić information content (AvgIpc) is 3.45. The zero-order chi connectivity index (χ0) is 27.1. The molecule has 208 valence electrons. The van der Waals surface area contributed by atoms with Crippen molar-refractivity contribution in [2.75, 3.05) is 62.2 Å².